The van der Waals surface area contributed by atoms with Crippen molar-refractivity contribution in [2.24, 2.45) is 4.99 Å². The molecule has 0 atom stereocenters. The van der Waals surface area contributed by atoms with Crippen LogP contribution in [0.15, 0.2) is 20.9 Å². The molecule has 1 amide bonds. The molecule has 1 fully saturated rings. The zero-order chi connectivity index (χ0) is 18.8. The first-order valence-corrected chi connectivity index (χ1v) is 10.9. The van der Waals surface area contributed by atoms with Gasteiger partial charge in [0.25, 0.3) is 0 Å². The summed E-state index contributed by atoms with van der Waals surface area (Å²) in [6, 6.07) is 0.195. The van der Waals surface area contributed by atoms with Crippen molar-refractivity contribution in [1.29, 1.82) is 0 Å². The van der Waals surface area contributed by atoms with Crippen molar-refractivity contribution in [2.75, 3.05) is 52.1 Å². The van der Waals surface area contributed by atoms with Crippen LogP contribution in [0.1, 0.15) is 20.3 Å². The number of hydrogen-bond donors (Lipinski definition) is 2. The molecule has 0 bridgehead atoms. The van der Waals surface area contributed by atoms with Crippen molar-refractivity contribution in [3.8, 4) is 0 Å². The van der Waals surface area contributed by atoms with Gasteiger partial charge in [0.15, 0.2) is 5.96 Å². The van der Waals surface area contributed by atoms with E-state index in [1.165, 1.54) is 0 Å². The van der Waals surface area contributed by atoms with E-state index in [4.69, 9.17) is 0 Å². The molecule has 2 heterocycles. The third-order valence-electron chi connectivity index (χ3n) is 3.94. The summed E-state index contributed by atoms with van der Waals surface area (Å²) >= 11 is 3.49. The fraction of sp³-hybridized carbons (Fsp3) is 0.706. The summed E-state index contributed by atoms with van der Waals surface area (Å²) in [6.07, 6.45) is 2.91. The Morgan fingerprint density at radius 1 is 1.37 bits per heavy atom. The van der Waals surface area contributed by atoms with Gasteiger partial charge in [-0.15, -0.1) is 35.3 Å². The number of piperazine rings is 1. The lowest BCUT2D eigenvalue weighted by molar-refractivity contribution is -0.123. The van der Waals surface area contributed by atoms with Crippen molar-refractivity contribution >= 4 is 58.9 Å². The normalized spacial score (nSPS) is 15.6. The van der Waals surface area contributed by atoms with Crippen LogP contribution in [0.25, 0.3) is 0 Å². The summed E-state index contributed by atoms with van der Waals surface area (Å²) in [7, 11) is 1.83. The highest BCUT2D eigenvalue weighted by Gasteiger charge is 2.21. The van der Waals surface area contributed by atoms with Crippen LogP contribution in [-0.2, 0) is 4.79 Å². The van der Waals surface area contributed by atoms with E-state index >= 15 is 0 Å². The monoisotopic (exact) mass is 526 g/mol. The molecule has 1 aliphatic heterocycles. The van der Waals surface area contributed by atoms with Crippen LogP contribution in [0.5, 0.6) is 0 Å². The maximum Gasteiger partial charge on any atom is 0.234 e. The number of halogens is 1. The molecule has 0 aromatic carbocycles. The summed E-state index contributed by atoms with van der Waals surface area (Å²) in [6.45, 7) is 8.90. The zero-order valence-corrected chi connectivity index (χ0v) is 20.3. The summed E-state index contributed by atoms with van der Waals surface area (Å²) in [5.41, 5.74) is 0. The topological polar surface area (TPSA) is 72.9 Å². The van der Waals surface area contributed by atoms with Gasteiger partial charge in [-0.25, -0.2) is 4.98 Å². The predicted molar refractivity (Wildman–Crippen MR) is 126 cm³/mol. The molecular formula is C17H31IN6OS2. The Hall–Kier alpha value is -0.590. The summed E-state index contributed by atoms with van der Waals surface area (Å²) in [5, 5.41) is 8.41. The molecule has 1 aliphatic rings. The highest BCUT2D eigenvalue weighted by molar-refractivity contribution is 14.0. The number of guanidine groups is 1. The van der Waals surface area contributed by atoms with Crippen LogP contribution >= 0.6 is 47.1 Å². The molecule has 10 heteroatoms. The van der Waals surface area contributed by atoms with Crippen LogP contribution in [0, 0.1) is 0 Å². The van der Waals surface area contributed by atoms with E-state index in [-0.39, 0.29) is 35.9 Å². The number of carbonyl (C=O) groups is 1. The quantitative estimate of drug-likeness (QED) is 0.178. The minimum Gasteiger partial charge on any atom is -0.356 e. The Bertz CT molecular complexity index is 562. The largest absolute Gasteiger partial charge is 0.356 e. The smallest absolute Gasteiger partial charge is 0.234 e. The van der Waals surface area contributed by atoms with Gasteiger partial charge in [0.2, 0.25) is 5.91 Å². The number of aliphatic imine (C=N–C) groups is 1. The standard InChI is InChI=1S/C17H30N6OS2.HI/c1-14(2)21-15(24)13-22-7-9-23(10-8-22)16(18-3)19-5-4-11-25-17-20-6-12-26-17;/h6,12,14H,4-5,7-11,13H2,1-3H3,(H,18,19)(H,21,24);1H. The minimum absolute atomic E-state index is 0. The van der Waals surface area contributed by atoms with Gasteiger partial charge in [0.05, 0.1) is 6.54 Å². The van der Waals surface area contributed by atoms with Gasteiger partial charge in [-0.05, 0) is 20.3 Å². The third kappa shape index (κ3) is 9.44. The summed E-state index contributed by atoms with van der Waals surface area (Å²) in [5.74, 6) is 2.11. The van der Waals surface area contributed by atoms with Crippen LogP contribution < -0.4 is 10.6 Å². The number of amides is 1. The zero-order valence-electron chi connectivity index (χ0n) is 16.3. The van der Waals surface area contributed by atoms with Gasteiger partial charge >= 0.3 is 0 Å². The number of thioether (sulfide) groups is 1. The van der Waals surface area contributed by atoms with E-state index in [0.717, 1.165) is 55.2 Å². The maximum absolute atomic E-state index is 11.9. The fourth-order valence-corrected chi connectivity index (χ4v) is 4.38. The van der Waals surface area contributed by atoms with Crippen molar-refractivity contribution in [1.82, 2.24) is 25.4 Å². The first kappa shape index (κ1) is 24.4. The van der Waals surface area contributed by atoms with Gasteiger partial charge in [-0.1, -0.05) is 11.8 Å². The van der Waals surface area contributed by atoms with Crippen molar-refractivity contribution in [3.05, 3.63) is 11.6 Å². The first-order chi connectivity index (χ1) is 12.6. The van der Waals surface area contributed by atoms with Gasteiger partial charge in [0, 0.05) is 63.1 Å². The second-order valence-electron chi connectivity index (χ2n) is 6.46. The first-order valence-electron chi connectivity index (χ1n) is 9.08. The summed E-state index contributed by atoms with van der Waals surface area (Å²) in [4.78, 5) is 25.0. The highest BCUT2D eigenvalue weighted by atomic mass is 127. The lowest BCUT2D eigenvalue weighted by atomic mass is 10.3. The maximum atomic E-state index is 11.9. The molecule has 1 aromatic rings. The van der Waals surface area contributed by atoms with Crippen molar-refractivity contribution < 1.29 is 4.79 Å². The highest BCUT2D eigenvalue weighted by Crippen LogP contribution is 2.20. The molecular weight excluding hydrogens is 495 g/mol. The fourth-order valence-electron chi connectivity index (χ4n) is 2.73. The molecule has 0 saturated carbocycles. The number of hydrogen-bond acceptors (Lipinski definition) is 6. The van der Waals surface area contributed by atoms with Crippen molar-refractivity contribution in [3.63, 3.8) is 0 Å². The average Bonchev–Trinajstić information content (AvgIpc) is 3.12. The molecule has 27 heavy (non-hydrogen) atoms. The Labute approximate surface area is 187 Å². The van der Waals surface area contributed by atoms with Gasteiger partial charge < -0.3 is 15.5 Å². The lowest BCUT2D eigenvalue weighted by Gasteiger charge is -2.36. The average molecular weight is 527 g/mol. The lowest BCUT2D eigenvalue weighted by Crippen LogP contribution is -2.54. The minimum atomic E-state index is 0. The molecule has 0 spiro atoms. The Kier molecular flexibility index (Phi) is 12.3. The third-order valence-corrected chi connectivity index (χ3v) is 5.99. The van der Waals surface area contributed by atoms with E-state index in [9.17, 15) is 4.79 Å². The molecule has 1 saturated heterocycles. The van der Waals surface area contributed by atoms with Crippen LogP contribution in [-0.4, -0.2) is 84.8 Å². The molecule has 2 rings (SSSR count). The molecule has 0 unspecified atom stereocenters. The predicted octanol–water partition coefficient (Wildman–Crippen LogP) is 1.96. The van der Waals surface area contributed by atoms with E-state index < -0.39 is 0 Å². The Morgan fingerprint density at radius 3 is 2.70 bits per heavy atom. The second kappa shape index (κ2) is 13.6. The van der Waals surface area contributed by atoms with Crippen molar-refractivity contribution in [2.45, 2.75) is 30.6 Å². The number of thiazole rings is 1. The van der Waals surface area contributed by atoms with Crippen LogP contribution in [0.3, 0.4) is 0 Å². The molecule has 0 aliphatic carbocycles. The number of nitrogens with one attached hydrogen (secondary N) is 2. The van der Waals surface area contributed by atoms with E-state index in [2.05, 4.69) is 30.4 Å². The molecule has 2 N–H and O–H groups in total. The SMILES string of the molecule is CN=C(NCCCSc1nccs1)N1CCN(CC(=O)NC(C)C)CC1.I. The van der Waals surface area contributed by atoms with Crippen LogP contribution in [0.2, 0.25) is 0 Å². The molecule has 7 nitrogen and oxygen atoms in total. The van der Waals surface area contributed by atoms with E-state index in [0.29, 0.717) is 6.54 Å². The Morgan fingerprint density at radius 2 is 2.11 bits per heavy atom. The van der Waals surface area contributed by atoms with Gasteiger partial charge in [0.1, 0.15) is 4.34 Å². The Balaban J connectivity index is 0.00000364. The second-order valence-corrected chi connectivity index (χ2v) is 8.70. The molecule has 154 valence electrons. The van der Waals surface area contributed by atoms with E-state index in [1.807, 2.05) is 32.5 Å². The van der Waals surface area contributed by atoms with Gasteiger partial charge in [-0.2, -0.15) is 0 Å². The summed E-state index contributed by atoms with van der Waals surface area (Å²) < 4.78 is 1.13. The number of nitrogens with zero attached hydrogens (tertiary/aromatic N) is 4. The number of aromatic nitrogens is 1. The number of carbonyl (C=O) groups excluding carboxylic acids is 1. The molecule has 0 radical (unpaired) electrons. The van der Waals surface area contributed by atoms with E-state index in [1.54, 1.807) is 23.1 Å². The van der Waals surface area contributed by atoms with Crippen LogP contribution in [0.4, 0.5) is 0 Å². The molecule has 1 aromatic heterocycles. The van der Waals surface area contributed by atoms with Gasteiger partial charge in [-0.3, -0.25) is 14.7 Å². The number of rotatable bonds is 8.